The third-order valence-corrected chi connectivity index (χ3v) is 4.89. The summed E-state index contributed by atoms with van der Waals surface area (Å²) in [7, 11) is -0.276. The molecule has 0 bridgehead atoms. The maximum atomic E-state index is 11.7. The van der Waals surface area contributed by atoms with E-state index in [2.05, 4.69) is 5.32 Å². The van der Waals surface area contributed by atoms with Gasteiger partial charge in [0, 0.05) is 32.6 Å². The van der Waals surface area contributed by atoms with Crippen molar-refractivity contribution < 1.29 is 13.2 Å². The molecule has 2 unspecified atom stereocenters. The highest BCUT2D eigenvalue weighted by atomic mass is 32.2. The Hall–Kier alpha value is -0.660. The summed E-state index contributed by atoms with van der Waals surface area (Å²) in [5.74, 6) is -0.191. The Kier molecular flexibility index (Phi) is 4.91. The summed E-state index contributed by atoms with van der Waals surface area (Å²) in [5, 5.41) is 2.66. The predicted octanol–water partition coefficient (Wildman–Crippen LogP) is -0.879. The van der Waals surface area contributed by atoms with Crippen LogP contribution >= 0.6 is 0 Å². The molecule has 1 amide bonds. The maximum Gasteiger partial charge on any atom is 0.223 e. The smallest absolute Gasteiger partial charge is 0.223 e. The molecule has 6 nitrogen and oxygen atoms in total. The van der Waals surface area contributed by atoms with Gasteiger partial charge >= 0.3 is 0 Å². The van der Waals surface area contributed by atoms with E-state index in [-0.39, 0.29) is 30.2 Å². The van der Waals surface area contributed by atoms with E-state index in [0.717, 1.165) is 17.1 Å². The van der Waals surface area contributed by atoms with Gasteiger partial charge in [0.05, 0.1) is 5.75 Å². The molecule has 2 atom stereocenters. The van der Waals surface area contributed by atoms with Crippen LogP contribution in [0.25, 0.3) is 0 Å². The van der Waals surface area contributed by atoms with Gasteiger partial charge in [0.25, 0.3) is 0 Å². The molecule has 0 saturated heterocycles. The van der Waals surface area contributed by atoms with E-state index in [0.29, 0.717) is 6.42 Å². The molecule has 1 fully saturated rings. The highest BCUT2D eigenvalue weighted by Crippen LogP contribution is 2.23. The molecule has 0 aliphatic heterocycles. The van der Waals surface area contributed by atoms with Crippen LogP contribution in [-0.2, 0) is 14.8 Å². The first kappa shape index (κ1) is 14.4. The van der Waals surface area contributed by atoms with Crippen molar-refractivity contribution in [2.45, 2.75) is 25.3 Å². The van der Waals surface area contributed by atoms with Crippen LogP contribution in [0.4, 0.5) is 0 Å². The summed E-state index contributed by atoms with van der Waals surface area (Å²) >= 11 is 0. The molecule has 1 aliphatic carbocycles. The largest absolute Gasteiger partial charge is 0.355 e. The number of hydrogen-bond acceptors (Lipinski definition) is 4. The predicted molar refractivity (Wildman–Crippen MR) is 65.8 cm³/mol. The number of nitrogens with two attached hydrogens (primary N) is 1. The van der Waals surface area contributed by atoms with Crippen LogP contribution in [-0.4, -0.2) is 51.1 Å². The topological polar surface area (TPSA) is 92.5 Å². The van der Waals surface area contributed by atoms with Crippen LogP contribution in [0.15, 0.2) is 0 Å². The molecule has 3 N–H and O–H groups in total. The number of carbonyl (C=O) groups excluding carboxylic acids is 1. The zero-order chi connectivity index (χ0) is 13.1. The molecule has 0 aromatic carbocycles. The molecule has 0 radical (unpaired) electrons. The minimum absolute atomic E-state index is 0.0490. The molecule has 0 aromatic rings. The van der Waals surface area contributed by atoms with Crippen LogP contribution in [0.1, 0.15) is 19.3 Å². The first-order valence-corrected chi connectivity index (χ1v) is 7.37. The minimum Gasteiger partial charge on any atom is -0.355 e. The van der Waals surface area contributed by atoms with Gasteiger partial charge in [-0.1, -0.05) is 0 Å². The Bertz CT molecular complexity index is 367. The molecule has 0 aromatic heterocycles. The van der Waals surface area contributed by atoms with E-state index in [1.54, 1.807) is 0 Å². The fourth-order valence-electron chi connectivity index (χ4n) is 1.88. The zero-order valence-corrected chi connectivity index (χ0v) is 11.2. The van der Waals surface area contributed by atoms with E-state index < -0.39 is 10.0 Å². The maximum absolute atomic E-state index is 11.7. The summed E-state index contributed by atoms with van der Waals surface area (Å²) in [6, 6.07) is 0.108. The van der Waals surface area contributed by atoms with Crippen molar-refractivity contribution in [1.29, 1.82) is 0 Å². The van der Waals surface area contributed by atoms with Gasteiger partial charge in [-0.3, -0.25) is 4.79 Å². The molecule has 0 spiro atoms. The van der Waals surface area contributed by atoms with Crippen LogP contribution in [0, 0.1) is 5.92 Å². The first-order valence-electron chi connectivity index (χ1n) is 5.76. The summed E-state index contributed by atoms with van der Waals surface area (Å²) in [6.07, 6.45) is 2.37. The standard InChI is InChI=1S/C10H21N3O3S/c1-13(2)17(15,16)6-5-12-10(14)8-3-4-9(11)7-8/h8-9H,3-7,11H2,1-2H3,(H,12,14). The Balaban J connectivity index is 2.30. The fourth-order valence-corrected chi connectivity index (χ4v) is 2.61. The Labute approximate surface area is 103 Å². The lowest BCUT2D eigenvalue weighted by Gasteiger charge is -2.13. The van der Waals surface area contributed by atoms with Gasteiger partial charge in [-0.15, -0.1) is 0 Å². The Morgan fingerprint density at radius 1 is 1.41 bits per heavy atom. The number of hydrogen-bond donors (Lipinski definition) is 2. The van der Waals surface area contributed by atoms with E-state index in [4.69, 9.17) is 5.73 Å². The van der Waals surface area contributed by atoms with Crippen molar-refractivity contribution in [2.75, 3.05) is 26.4 Å². The second kappa shape index (κ2) is 5.79. The third kappa shape index (κ3) is 4.25. The Morgan fingerprint density at radius 2 is 2.06 bits per heavy atom. The normalized spacial score (nSPS) is 25.2. The average Bonchev–Trinajstić information content (AvgIpc) is 2.64. The summed E-state index contributed by atoms with van der Waals surface area (Å²) in [5.41, 5.74) is 5.72. The minimum atomic E-state index is -3.23. The molecule has 0 heterocycles. The molecular weight excluding hydrogens is 242 g/mol. The first-order chi connectivity index (χ1) is 7.83. The highest BCUT2D eigenvalue weighted by molar-refractivity contribution is 7.89. The van der Waals surface area contributed by atoms with Crippen LogP contribution < -0.4 is 11.1 Å². The zero-order valence-electron chi connectivity index (χ0n) is 10.3. The van der Waals surface area contributed by atoms with Crippen LogP contribution in [0.5, 0.6) is 0 Å². The van der Waals surface area contributed by atoms with E-state index in [1.807, 2.05) is 0 Å². The van der Waals surface area contributed by atoms with E-state index in [1.165, 1.54) is 14.1 Å². The number of sulfonamides is 1. The second-order valence-corrected chi connectivity index (χ2v) is 6.96. The van der Waals surface area contributed by atoms with Crippen molar-refractivity contribution in [3.63, 3.8) is 0 Å². The summed E-state index contributed by atoms with van der Waals surface area (Å²) in [6.45, 7) is 0.158. The molecule has 7 heteroatoms. The second-order valence-electron chi connectivity index (χ2n) is 4.66. The van der Waals surface area contributed by atoms with Gasteiger partial charge in [0.1, 0.15) is 0 Å². The molecule has 1 rings (SSSR count). The van der Waals surface area contributed by atoms with Crippen LogP contribution in [0.2, 0.25) is 0 Å². The lowest BCUT2D eigenvalue weighted by atomic mass is 10.1. The number of carbonyl (C=O) groups is 1. The molecule has 1 aliphatic rings. The van der Waals surface area contributed by atoms with Gasteiger partial charge in [0.2, 0.25) is 15.9 Å². The van der Waals surface area contributed by atoms with Crippen molar-refractivity contribution in [2.24, 2.45) is 11.7 Å². The third-order valence-electron chi connectivity index (χ3n) is 3.06. The number of amides is 1. The van der Waals surface area contributed by atoms with Gasteiger partial charge < -0.3 is 11.1 Å². The highest BCUT2D eigenvalue weighted by Gasteiger charge is 2.27. The quantitative estimate of drug-likeness (QED) is 0.674. The van der Waals surface area contributed by atoms with Gasteiger partial charge in [-0.2, -0.15) is 0 Å². The van der Waals surface area contributed by atoms with E-state index in [9.17, 15) is 13.2 Å². The molecular formula is C10H21N3O3S. The van der Waals surface area contributed by atoms with Crippen molar-refractivity contribution in [3.8, 4) is 0 Å². The number of rotatable bonds is 5. The van der Waals surface area contributed by atoms with Gasteiger partial charge in [-0.05, 0) is 19.3 Å². The molecule has 100 valence electrons. The van der Waals surface area contributed by atoms with Crippen molar-refractivity contribution in [3.05, 3.63) is 0 Å². The molecule has 17 heavy (non-hydrogen) atoms. The lowest BCUT2D eigenvalue weighted by molar-refractivity contribution is -0.124. The fraction of sp³-hybridized carbons (Fsp3) is 0.900. The average molecular weight is 263 g/mol. The van der Waals surface area contributed by atoms with Gasteiger partial charge in [-0.25, -0.2) is 12.7 Å². The lowest BCUT2D eigenvalue weighted by Crippen LogP contribution is -2.36. The number of nitrogens with one attached hydrogen (secondary N) is 1. The van der Waals surface area contributed by atoms with Crippen molar-refractivity contribution in [1.82, 2.24) is 9.62 Å². The Morgan fingerprint density at radius 3 is 2.53 bits per heavy atom. The number of nitrogens with zero attached hydrogens (tertiary/aromatic N) is 1. The van der Waals surface area contributed by atoms with Crippen molar-refractivity contribution >= 4 is 15.9 Å². The van der Waals surface area contributed by atoms with Crippen LogP contribution in [0.3, 0.4) is 0 Å². The molecule has 1 saturated carbocycles. The summed E-state index contributed by atoms with van der Waals surface area (Å²) < 4.78 is 24.0. The van der Waals surface area contributed by atoms with Gasteiger partial charge in [0.15, 0.2) is 0 Å². The SMILES string of the molecule is CN(C)S(=O)(=O)CCNC(=O)C1CCC(N)C1. The monoisotopic (exact) mass is 263 g/mol. The van der Waals surface area contributed by atoms with E-state index >= 15 is 0 Å². The summed E-state index contributed by atoms with van der Waals surface area (Å²) in [4.78, 5) is 11.7.